The van der Waals surface area contributed by atoms with E-state index in [1.54, 1.807) is 6.92 Å². The molecule has 3 nitrogen and oxygen atoms in total. The molecule has 0 fully saturated rings. The Morgan fingerprint density at radius 3 is 2.88 bits per heavy atom. The zero-order chi connectivity index (χ0) is 12.7. The van der Waals surface area contributed by atoms with Gasteiger partial charge in [-0.1, -0.05) is 25.5 Å². The molecule has 0 spiro atoms. The van der Waals surface area contributed by atoms with Crippen molar-refractivity contribution in [3.05, 3.63) is 29.8 Å². The molecule has 0 bridgehead atoms. The Morgan fingerprint density at radius 2 is 2.24 bits per heavy atom. The number of amides is 1. The Hall–Kier alpha value is -1.51. The SMILES string of the molecule is CCCCNC(=O)C(C)Oc1cccc(C)c1. The van der Waals surface area contributed by atoms with Crippen LogP contribution in [0.5, 0.6) is 5.75 Å². The summed E-state index contributed by atoms with van der Waals surface area (Å²) in [5.41, 5.74) is 1.13. The van der Waals surface area contributed by atoms with Crippen molar-refractivity contribution < 1.29 is 9.53 Å². The summed E-state index contributed by atoms with van der Waals surface area (Å²) in [6.45, 7) is 6.58. The summed E-state index contributed by atoms with van der Waals surface area (Å²) >= 11 is 0. The van der Waals surface area contributed by atoms with Crippen LogP contribution >= 0.6 is 0 Å². The Balaban J connectivity index is 2.43. The van der Waals surface area contributed by atoms with E-state index in [1.165, 1.54) is 0 Å². The first-order valence-electron chi connectivity index (χ1n) is 6.14. The molecule has 0 aliphatic carbocycles. The van der Waals surface area contributed by atoms with Crippen LogP contribution in [0.3, 0.4) is 0 Å². The number of unbranched alkanes of at least 4 members (excludes halogenated alkanes) is 1. The van der Waals surface area contributed by atoms with Crippen molar-refractivity contribution in [3.63, 3.8) is 0 Å². The van der Waals surface area contributed by atoms with Gasteiger partial charge >= 0.3 is 0 Å². The second-order valence-electron chi connectivity index (χ2n) is 4.22. The fourth-order valence-corrected chi connectivity index (χ4v) is 1.48. The van der Waals surface area contributed by atoms with Crippen LogP contribution in [0.2, 0.25) is 0 Å². The van der Waals surface area contributed by atoms with Crippen molar-refractivity contribution in [2.45, 2.75) is 39.7 Å². The molecule has 0 aliphatic rings. The average Bonchev–Trinajstić information content (AvgIpc) is 2.29. The Kier molecular flexibility index (Phi) is 5.53. The van der Waals surface area contributed by atoms with Gasteiger partial charge in [-0.05, 0) is 38.0 Å². The van der Waals surface area contributed by atoms with Crippen LogP contribution in [0, 0.1) is 6.92 Å². The second-order valence-corrected chi connectivity index (χ2v) is 4.22. The number of aryl methyl sites for hydroxylation is 1. The van der Waals surface area contributed by atoms with Crippen molar-refractivity contribution in [3.8, 4) is 5.75 Å². The molecule has 17 heavy (non-hydrogen) atoms. The molecule has 1 aromatic carbocycles. The molecule has 0 heterocycles. The van der Waals surface area contributed by atoms with Gasteiger partial charge in [-0.2, -0.15) is 0 Å². The van der Waals surface area contributed by atoms with E-state index in [0.717, 1.165) is 30.7 Å². The van der Waals surface area contributed by atoms with E-state index in [4.69, 9.17) is 4.74 Å². The van der Waals surface area contributed by atoms with Crippen LogP contribution in [-0.2, 0) is 4.79 Å². The smallest absolute Gasteiger partial charge is 0.260 e. The molecule has 1 N–H and O–H groups in total. The largest absolute Gasteiger partial charge is 0.481 e. The van der Waals surface area contributed by atoms with E-state index in [-0.39, 0.29) is 5.91 Å². The van der Waals surface area contributed by atoms with Gasteiger partial charge in [0.1, 0.15) is 5.75 Å². The van der Waals surface area contributed by atoms with E-state index < -0.39 is 6.10 Å². The van der Waals surface area contributed by atoms with E-state index in [9.17, 15) is 4.79 Å². The molecule has 0 aliphatic heterocycles. The maximum atomic E-state index is 11.7. The van der Waals surface area contributed by atoms with Gasteiger partial charge in [0.25, 0.3) is 5.91 Å². The van der Waals surface area contributed by atoms with Gasteiger partial charge in [-0.15, -0.1) is 0 Å². The molecule has 0 aromatic heterocycles. The number of carbonyl (C=O) groups excluding carboxylic acids is 1. The highest BCUT2D eigenvalue weighted by Gasteiger charge is 2.13. The van der Waals surface area contributed by atoms with Gasteiger partial charge in [0.2, 0.25) is 0 Å². The molecule has 1 amide bonds. The molecule has 1 aromatic rings. The molecular weight excluding hydrogens is 214 g/mol. The second kappa shape index (κ2) is 6.94. The highest BCUT2D eigenvalue weighted by Crippen LogP contribution is 2.14. The van der Waals surface area contributed by atoms with Crippen molar-refractivity contribution in [1.82, 2.24) is 5.32 Å². The zero-order valence-electron chi connectivity index (χ0n) is 10.8. The Bertz CT molecular complexity index is 363. The summed E-state index contributed by atoms with van der Waals surface area (Å²) in [5, 5.41) is 2.85. The molecule has 94 valence electrons. The van der Waals surface area contributed by atoms with Crippen LogP contribution < -0.4 is 10.1 Å². The average molecular weight is 235 g/mol. The first-order valence-corrected chi connectivity index (χ1v) is 6.14. The van der Waals surface area contributed by atoms with E-state index >= 15 is 0 Å². The third-order valence-electron chi connectivity index (χ3n) is 2.50. The zero-order valence-corrected chi connectivity index (χ0v) is 10.8. The van der Waals surface area contributed by atoms with Crippen molar-refractivity contribution in [1.29, 1.82) is 0 Å². The first kappa shape index (κ1) is 13.6. The van der Waals surface area contributed by atoms with E-state index in [1.807, 2.05) is 31.2 Å². The van der Waals surface area contributed by atoms with Gasteiger partial charge in [0, 0.05) is 6.54 Å². The number of carbonyl (C=O) groups is 1. The highest BCUT2D eigenvalue weighted by molar-refractivity contribution is 5.80. The molecule has 1 rings (SSSR count). The van der Waals surface area contributed by atoms with Gasteiger partial charge in [-0.25, -0.2) is 0 Å². The number of hydrogen-bond donors (Lipinski definition) is 1. The monoisotopic (exact) mass is 235 g/mol. The fraction of sp³-hybridized carbons (Fsp3) is 0.500. The van der Waals surface area contributed by atoms with Crippen molar-refractivity contribution >= 4 is 5.91 Å². The lowest BCUT2D eigenvalue weighted by atomic mass is 10.2. The molecule has 0 saturated carbocycles. The minimum absolute atomic E-state index is 0.0556. The Labute approximate surface area is 103 Å². The van der Waals surface area contributed by atoms with Gasteiger partial charge in [0.15, 0.2) is 6.10 Å². The molecule has 1 unspecified atom stereocenters. The van der Waals surface area contributed by atoms with Crippen LogP contribution in [0.15, 0.2) is 24.3 Å². The number of hydrogen-bond acceptors (Lipinski definition) is 2. The Morgan fingerprint density at radius 1 is 1.47 bits per heavy atom. The summed E-state index contributed by atoms with van der Waals surface area (Å²) in [5.74, 6) is 0.683. The van der Waals surface area contributed by atoms with Crippen molar-refractivity contribution in [2.75, 3.05) is 6.54 Å². The molecule has 0 radical (unpaired) electrons. The maximum absolute atomic E-state index is 11.7. The molecule has 1 atom stereocenters. The normalized spacial score (nSPS) is 11.9. The fourth-order valence-electron chi connectivity index (χ4n) is 1.48. The van der Waals surface area contributed by atoms with Gasteiger partial charge in [-0.3, -0.25) is 4.79 Å². The minimum Gasteiger partial charge on any atom is -0.481 e. The molecular formula is C14H21NO2. The van der Waals surface area contributed by atoms with Crippen LogP contribution in [0.4, 0.5) is 0 Å². The topological polar surface area (TPSA) is 38.3 Å². The van der Waals surface area contributed by atoms with E-state index in [2.05, 4.69) is 12.2 Å². The standard InChI is InChI=1S/C14H21NO2/c1-4-5-9-15-14(16)12(3)17-13-8-6-7-11(2)10-13/h6-8,10,12H,4-5,9H2,1-3H3,(H,15,16). The maximum Gasteiger partial charge on any atom is 0.260 e. The van der Waals surface area contributed by atoms with Gasteiger partial charge < -0.3 is 10.1 Å². The number of rotatable bonds is 6. The number of benzene rings is 1. The summed E-state index contributed by atoms with van der Waals surface area (Å²) < 4.78 is 5.58. The van der Waals surface area contributed by atoms with Crippen molar-refractivity contribution in [2.24, 2.45) is 0 Å². The van der Waals surface area contributed by atoms with Gasteiger partial charge in [0.05, 0.1) is 0 Å². The minimum atomic E-state index is -0.450. The lowest BCUT2D eigenvalue weighted by Gasteiger charge is -2.14. The summed E-state index contributed by atoms with van der Waals surface area (Å²) in [6, 6.07) is 7.71. The first-order chi connectivity index (χ1) is 8.13. The molecule has 0 saturated heterocycles. The van der Waals surface area contributed by atoms with Crippen LogP contribution in [0.1, 0.15) is 32.3 Å². The number of nitrogens with one attached hydrogen (secondary N) is 1. The summed E-state index contributed by atoms with van der Waals surface area (Å²) in [7, 11) is 0. The highest BCUT2D eigenvalue weighted by atomic mass is 16.5. The summed E-state index contributed by atoms with van der Waals surface area (Å²) in [6.07, 6.45) is 1.63. The summed E-state index contributed by atoms with van der Waals surface area (Å²) in [4.78, 5) is 11.7. The molecule has 3 heteroatoms. The van der Waals surface area contributed by atoms with E-state index in [0.29, 0.717) is 0 Å². The van der Waals surface area contributed by atoms with Crippen LogP contribution in [0.25, 0.3) is 0 Å². The quantitative estimate of drug-likeness (QED) is 0.770. The third kappa shape index (κ3) is 4.89. The number of ether oxygens (including phenoxy) is 1. The van der Waals surface area contributed by atoms with Crippen LogP contribution in [-0.4, -0.2) is 18.6 Å². The lowest BCUT2D eigenvalue weighted by Crippen LogP contribution is -2.36. The predicted molar refractivity (Wildman–Crippen MR) is 69.2 cm³/mol. The third-order valence-corrected chi connectivity index (χ3v) is 2.50. The predicted octanol–water partition coefficient (Wildman–Crippen LogP) is 2.68. The lowest BCUT2D eigenvalue weighted by molar-refractivity contribution is -0.127.